The molecule has 0 aliphatic rings. The lowest BCUT2D eigenvalue weighted by Gasteiger charge is -1.79. The molecule has 0 aromatic carbocycles. The minimum Gasteiger partial charge on any atom is -0.481 e. The van der Waals surface area contributed by atoms with Crippen LogP contribution < -0.4 is 0 Å². The summed E-state index contributed by atoms with van der Waals surface area (Å²) < 4.78 is 0. The summed E-state index contributed by atoms with van der Waals surface area (Å²) in [6, 6.07) is 0. The molecular weight excluding hydrogens is 128 g/mol. The van der Waals surface area contributed by atoms with Crippen LogP contribution in [0.25, 0.3) is 0 Å². The topological polar surface area (TPSA) is 37.3 Å². The van der Waals surface area contributed by atoms with Crippen LogP contribution in [0, 0.1) is 0 Å². The van der Waals surface area contributed by atoms with Gasteiger partial charge in [-0.3, -0.25) is 4.79 Å². The number of halogens is 1. The highest BCUT2D eigenvalue weighted by Gasteiger charge is 1.87. The molecule has 0 spiro atoms. The van der Waals surface area contributed by atoms with E-state index in [2.05, 4.69) is 11.6 Å². The second-order valence-electron chi connectivity index (χ2n) is 1.14. The van der Waals surface area contributed by atoms with Crippen LogP contribution in [0.1, 0.15) is 19.8 Å². The van der Waals surface area contributed by atoms with E-state index in [0.29, 0.717) is 6.42 Å². The molecular formula is C5H11ClO2. The minimum atomic E-state index is -0.711. The van der Waals surface area contributed by atoms with Crippen molar-refractivity contribution in [2.24, 2.45) is 0 Å². The second-order valence-corrected chi connectivity index (χ2v) is 1.14. The summed E-state index contributed by atoms with van der Waals surface area (Å²) in [7, 11) is 0. The number of rotatable bonds is 2. The summed E-state index contributed by atoms with van der Waals surface area (Å²) in [6.07, 6.45) is 2.50. The number of carbonyl (C=O) groups is 1. The van der Waals surface area contributed by atoms with Crippen LogP contribution in [0.5, 0.6) is 0 Å². The van der Waals surface area contributed by atoms with Gasteiger partial charge in [0, 0.05) is 12.8 Å². The Bertz CT molecular complexity index is 54.4. The van der Waals surface area contributed by atoms with E-state index in [1.165, 1.54) is 6.38 Å². The molecule has 0 amide bonds. The van der Waals surface area contributed by atoms with E-state index in [4.69, 9.17) is 5.11 Å². The normalized spacial score (nSPS) is 6.88. The predicted molar refractivity (Wildman–Crippen MR) is 34.3 cm³/mol. The largest absolute Gasteiger partial charge is 0.481 e. The van der Waals surface area contributed by atoms with E-state index in [1.807, 2.05) is 6.92 Å². The Morgan fingerprint density at radius 1 is 1.62 bits per heavy atom. The van der Waals surface area contributed by atoms with Gasteiger partial charge in [-0.2, -0.15) is 0 Å². The monoisotopic (exact) mass is 138 g/mol. The first-order chi connectivity index (χ1) is 3.77. The van der Waals surface area contributed by atoms with Gasteiger partial charge >= 0.3 is 5.97 Å². The molecule has 50 valence electrons. The lowest BCUT2D eigenvalue weighted by Crippen LogP contribution is -1.90. The van der Waals surface area contributed by atoms with Crippen LogP contribution in [0.3, 0.4) is 0 Å². The average molecular weight is 139 g/mol. The van der Waals surface area contributed by atoms with Crippen molar-refractivity contribution in [1.82, 2.24) is 0 Å². The zero-order valence-corrected chi connectivity index (χ0v) is 5.90. The molecule has 0 rings (SSSR count). The fourth-order valence-corrected chi connectivity index (χ4v) is 0.214. The Morgan fingerprint density at radius 2 is 2.00 bits per heavy atom. The molecule has 0 bridgehead atoms. The molecule has 8 heavy (non-hydrogen) atoms. The van der Waals surface area contributed by atoms with Gasteiger partial charge in [-0.05, 0) is 6.42 Å². The third kappa shape index (κ3) is 17.1. The first kappa shape index (κ1) is 10.7. The quantitative estimate of drug-likeness (QED) is 0.590. The van der Waals surface area contributed by atoms with Gasteiger partial charge in [0.15, 0.2) is 0 Å². The third-order valence-corrected chi connectivity index (χ3v) is 0.464. The molecule has 0 saturated carbocycles. The second kappa shape index (κ2) is 9.90. The molecule has 0 unspecified atom stereocenters. The molecule has 0 heterocycles. The molecule has 0 atom stereocenters. The van der Waals surface area contributed by atoms with E-state index in [9.17, 15) is 4.79 Å². The fourth-order valence-electron chi connectivity index (χ4n) is 0.214. The minimum absolute atomic E-state index is 0.292. The van der Waals surface area contributed by atoms with Gasteiger partial charge in [-0.25, -0.2) is 0 Å². The average Bonchev–Trinajstić information content (AvgIpc) is 1.72. The molecule has 0 aliphatic heterocycles. The maximum atomic E-state index is 9.60. The van der Waals surface area contributed by atoms with E-state index in [-0.39, 0.29) is 0 Å². The van der Waals surface area contributed by atoms with Gasteiger partial charge < -0.3 is 5.11 Å². The number of aliphatic carboxylic acids is 1. The van der Waals surface area contributed by atoms with Gasteiger partial charge in [-0.1, -0.05) is 6.92 Å². The summed E-state index contributed by atoms with van der Waals surface area (Å²) in [4.78, 5) is 9.60. The highest BCUT2D eigenvalue weighted by atomic mass is 35.5. The Kier molecular flexibility index (Phi) is 13.2. The fraction of sp³-hybridized carbons (Fsp3) is 0.800. The van der Waals surface area contributed by atoms with Crippen LogP contribution in [0.4, 0.5) is 0 Å². The maximum Gasteiger partial charge on any atom is 0.303 e. The zero-order valence-electron chi connectivity index (χ0n) is 5.15. The van der Waals surface area contributed by atoms with Crippen LogP contribution in [-0.2, 0) is 4.79 Å². The summed E-state index contributed by atoms with van der Waals surface area (Å²) in [6.45, 7) is 1.84. The molecule has 0 fully saturated rings. The first-order valence-electron chi connectivity index (χ1n) is 2.37. The van der Waals surface area contributed by atoms with Crippen LogP contribution >= 0.6 is 11.6 Å². The van der Waals surface area contributed by atoms with Gasteiger partial charge in [-0.15, -0.1) is 11.6 Å². The predicted octanol–water partition coefficient (Wildman–Crippen LogP) is 1.73. The molecule has 0 aliphatic carbocycles. The SMILES string of the molecule is CCCC(=O)O.CCl. The molecule has 0 radical (unpaired) electrons. The molecule has 1 N–H and O–H groups in total. The van der Waals surface area contributed by atoms with Gasteiger partial charge in [0.25, 0.3) is 0 Å². The van der Waals surface area contributed by atoms with Gasteiger partial charge in [0.05, 0.1) is 0 Å². The lowest BCUT2D eigenvalue weighted by molar-refractivity contribution is -0.137. The van der Waals surface area contributed by atoms with Crippen molar-refractivity contribution in [2.75, 3.05) is 6.38 Å². The van der Waals surface area contributed by atoms with E-state index in [0.717, 1.165) is 6.42 Å². The van der Waals surface area contributed by atoms with Gasteiger partial charge in [0.2, 0.25) is 0 Å². The van der Waals surface area contributed by atoms with Crippen molar-refractivity contribution in [3.05, 3.63) is 0 Å². The number of carboxylic acid groups (broad SMARTS) is 1. The van der Waals surface area contributed by atoms with Gasteiger partial charge in [0.1, 0.15) is 0 Å². The maximum absolute atomic E-state index is 9.60. The van der Waals surface area contributed by atoms with Crippen molar-refractivity contribution in [1.29, 1.82) is 0 Å². The highest BCUT2D eigenvalue weighted by Crippen LogP contribution is 1.82. The number of hydrogen-bond acceptors (Lipinski definition) is 1. The standard InChI is InChI=1S/C4H8O2.CH3Cl/c1-2-3-4(5)6;1-2/h2-3H2,1H3,(H,5,6);1H3. The first-order valence-corrected chi connectivity index (χ1v) is 3.12. The Hall–Kier alpha value is -0.240. The van der Waals surface area contributed by atoms with E-state index in [1.54, 1.807) is 0 Å². The van der Waals surface area contributed by atoms with Crippen LogP contribution in [0.2, 0.25) is 0 Å². The number of carboxylic acids is 1. The van der Waals surface area contributed by atoms with Crippen molar-refractivity contribution < 1.29 is 9.90 Å². The zero-order chi connectivity index (χ0) is 6.99. The molecule has 0 aromatic rings. The lowest BCUT2D eigenvalue weighted by atomic mass is 10.4. The Balaban J connectivity index is 0. The molecule has 3 heteroatoms. The van der Waals surface area contributed by atoms with Crippen molar-refractivity contribution in [2.45, 2.75) is 19.8 Å². The summed E-state index contributed by atoms with van der Waals surface area (Å²) in [5.74, 6) is -0.711. The van der Waals surface area contributed by atoms with E-state index < -0.39 is 5.97 Å². The molecule has 2 nitrogen and oxygen atoms in total. The van der Waals surface area contributed by atoms with Crippen molar-refractivity contribution in [3.63, 3.8) is 0 Å². The smallest absolute Gasteiger partial charge is 0.303 e. The summed E-state index contributed by atoms with van der Waals surface area (Å²) >= 11 is 4.64. The number of alkyl halides is 1. The Morgan fingerprint density at radius 3 is 2.00 bits per heavy atom. The molecule has 0 saturated heterocycles. The summed E-state index contributed by atoms with van der Waals surface area (Å²) in [5, 5.41) is 7.91. The number of hydrogen-bond donors (Lipinski definition) is 1. The summed E-state index contributed by atoms with van der Waals surface area (Å²) in [5.41, 5.74) is 0. The van der Waals surface area contributed by atoms with Crippen LogP contribution in [-0.4, -0.2) is 17.5 Å². The third-order valence-electron chi connectivity index (χ3n) is 0.464. The van der Waals surface area contributed by atoms with Crippen molar-refractivity contribution >= 4 is 17.6 Å². The van der Waals surface area contributed by atoms with Crippen molar-refractivity contribution in [3.8, 4) is 0 Å². The Labute approximate surface area is 54.5 Å². The molecule has 0 aromatic heterocycles. The van der Waals surface area contributed by atoms with Crippen LogP contribution in [0.15, 0.2) is 0 Å². The van der Waals surface area contributed by atoms with E-state index >= 15 is 0 Å². The highest BCUT2D eigenvalue weighted by molar-refractivity contribution is 6.15.